The molecule has 1 saturated heterocycles. The number of hydrogen-bond donors (Lipinski definition) is 6. The van der Waals surface area contributed by atoms with Crippen LogP contribution in [0.25, 0.3) is 22.6 Å². The number of H-pyrrole nitrogens is 1. The number of anilines is 2. The van der Waals surface area contributed by atoms with Crippen molar-refractivity contribution in [2.24, 2.45) is 7.05 Å². The number of rotatable bonds is 8. The van der Waals surface area contributed by atoms with Crippen LogP contribution in [0.1, 0.15) is 45.9 Å². The average molecular weight is 687 g/mol. The predicted octanol–water partition coefficient (Wildman–Crippen LogP) is 2.78. The normalized spacial score (nSPS) is 18.4. The van der Waals surface area contributed by atoms with E-state index in [9.17, 15) is 32.7 Å². The van der Waals surface area contributed by atoms with E-state index in [1.54, 1.807) is 7.05 Å². The molecule has 1 aliphatic heterocycles. The molecular formula is C30H30ClF3N10O4. The molecule has 4 heterocycles. The van der Waals surface area contributed by atoms with E-state index >= 15 is 0 Å². The van der Waals surface area contributed by atoms with Crippen molar-refractivity contribution in [1.82, 2.24) is 40.3 Å². The third-order valence-electron chi connectivity index (χ3n) is 8.43. The Morgan fingerprint density at radius 3 is 2.52 bits per heavy atom. The number of imidazole rings is 1. The first-order valence-corrected chi connectivity index (χ1v) is 15.1. The Labute approximate surface area is 275 Å². The van der Waals surface area contributed by atoms with E-state index in [1.165, 1.54) is 53.0 Å². The third-order valence-corrected chi connectivity index (χ3v) is 8.75. The van der Waals surface area contributed by atoms with Gasteiger partial charge >= 0.3 is 6.18 Å². The zero-order valence-corrected chi connectivity index (χ0v) is 26.3. The topological polar surface area (TPSA) is 196 Å². The largest absolute Gasteiger partial charge is 0.435 e. The number of carbonyl (C=O) groups excluding carboxylic acids is 3. The van der Waals surface area contributed by atoms with Gasteiger partial charge in [-0.2, -0.15) is 18.3 Å². The van der Waals surface area contributed by atoms with E-state index < -0.39 is 41.5 Å². The highest BCUT2D eigenvalue weighted by Gasteiger charge is 2.51. The number of nitrogens with two attached hydrogens (primary N) is 1. The highest BCUT2D eigenvalue weighted by Crippen LogP contribution is 2.41. The van der Waals surface area contributed by atoms with Gasteiger partial charge in [0.25, 0.3) is 11.8 Å². The number of aliphatic hydroxyl groups excluding tert-OH is 1. The van der Waals surface area contributed by atoms with Crippen molar-refractivity contribution in [2.45, 2.75) is 43.2 Å². The average Bonchev–Trinajstić information content (AvgIpc) is 3.31. The van der Waals surface area contributed by atoms with Gasteiger partial charge in [0, 0.05) is 26.3 Å². The zero-order chi connectivity index (χ0) is 34.5. The number of amides is 3. The number of nitrogens with one attached hydrogen (secondary N) is 4. The monoisotopic (exact) mass is 686 g/mol. The summed E-state index contributed by atoms with van der Waals surface area (Å²) < 4.78 is 43.2. The number of carbonyl (C=O) groups is 3. The van der Waals surface area contributed by atoms with E-state index in [2.05, 4.69) is 36.1 Å². The summed E-state index contributed by atoms with van der Waals surface area (Å²) in [7, 11) is 2.93. The van der Waals surface area contributed by atoms with E-state index in [0.29, 0.717) is 25.1 Å². The molecule has 0 spiro atoms. The van der Waals surface area contributed by atoms with Gasteiger partial charge < -0.3 is 36.3 Å². The van der Waals surface area contributed by atoms with Gasteiger partial charge in [-0.25, -0.2) is 4.98 Å². The van der Waals surface area contributed by atoms with Gasteiger partial charge in [0.1, 0.15) is 5.66 Å². The lowest BCUT2D eigenvalue weighted by Crippen LogP contribution is -2.55. The van der Waals surface area contributed by atoms with Crippen LogP contribution in [0.15, 0.2) is 42.7 Å². The number of hydrogen-bond acceptors (Lipinski definition) is 9. The van der Waals surface area contributed by atoms with Crippen LogP contribution in [-0.2, 0) is 18.0 Å². The second-order valence-electron chi connectivity index (χ2n) is 11.7. The Morgan fingerprint density at radius 2 is 1.92 bits per heavy atom. The second-order valence-corrected chi connectivity index (χ2v) is 12.1. The minimum Gasteiger partial charge on any atom is -0.397 e. The minimum absolute atomic E-state index is 0.0155. The lowest BCUT2D eigenvalue weighted by Gasteiger charge is -2.30. The van der Waals surface area contributed by atoms with Gasteiger partial charge in [-0.1, -0.05) is 11.6 Å². The Hall–Kier alpha value is -5.00. The molecule has 1 saturated carbocycles. The third kappa shape index (κ3) is 6.18. The highest BCUT2D eigenvalue weighted by molar-refractivity contribution is 6.34. The smallest absolute Gasteiger partial charge is 0.397 e. The Kier molecular flexibility index (Phi) is 8.38. The standard InChI is InChI=1S/C30H30ClF3N10O4/c1-43-21(22-23(19-6-3-14(35)11-36-19)41-42-24(22)30(32,33)34)13-38-25(43)27(47)39-15-4-5-17(18(31)9-15)28(48)44(2)29(7-8-29)40-26(46)20-10-16(45)12-37-20/h3-6,9,11,13,16,20,37,45H,7-8,10,12,35H2,1-2H3,(H,39,47)(H,40,46)(H,41,42)/t16-,20+/m1/s1. The van der Waals surface area contributed by atoms with Crippen LogP contribution in [-0.4, -0.2) is 83.9 Å². The van der Waals surface area contributed by atoms with Crippen molar-refractivity contribution in [3.05, 3.63) is 64.8 Å². The predicted molar refractivity (Wildman–Crippen MR) is 167 cm³/mol. The summed E-state index contributed by atoms with van der Waals surface area (Å²) in [5, 5.41) is 24.1. The summed E-state index contributed by atoms with van der Waals surface area (Å²) in [6.45, 7) is 0.312. The fraction of sp³-hybridized carbons (Fsp3) is 0.333. The van der Waals surface area contributed by atoms with Crippen LogP contribution in [0, 0.1) is 0 Å². The fourth-order valence-electron chi connectivity index (χ4n) is 5.61. The van der Waals surface area contributed by atoms with Crippen molar-refractivity contribution in [3.63, 3.8) is 0 Å². The summed E-state index contributed by atoms with van der Waals surface area (Å²) in [6, 6.07) is 6.58. The quantitative estimate of drug-likeness (QED) is 0.151. The molecule has 252 valence electrons. The van der Waals surface area contributed by atoms with Crippen molar-refractivity contribution in [2.75, 3.05) is 24.6 Å². The van der Waals surface area contributed by atoms with Gasteiger partial charge in [0.2, 0.25) is 5.91 Å². The van der Waals surface area contributed by atoms with Crippen molar-refractivity contribution in [3.8, 4) is 22.6 Å². The first kappa shape index (κ1) is 32.9. The van der Waals surface area contributed by atoms with Crippen LogP contribution in [0.2, 0.25) is 5.02 Å². The number of aliphatic hydroxyl groups is 1. The second kappa shape index (κ2) is 12.2. The van der Waals surface area contributed by atoms with E-state index in [4.69, 9.17) is 17.3 Å². The van der Waals surface area contributed by atoms with Gasteiger partial charge in [0.05, 0.1) is 63.5 Å². The summed E-state index contributed by atoms with van der Waals surface area (Å²) in [5.41, 5.74) is 3.89. The number of halogens is 4. The first-order chi connectivity index (χ1) is 22.7. The van der Waals surface area contributed by atoms with Crippen molar-refractivity contribution < 1.29 is 32.7 Å². The molecule has 2 fully saturated rings. The van der Waals surface area contributed by atoms with Crippen molar-refractivity contribution >= 4 is 40.7 Å². The Balaban J connectivity index is 1.19. The number of nitrogen functional groups attached to an aromatic ring is 1. The number of alkyl halides is 3. The number of β-amino-alcohol motifs (C(OH)–C–C–N with tert-alkyl or cyclic N) is 1. The van der Waals surface area contributed by atoms with Crippen LogP contribution < -0.4 is 21.7 Å². The van der Waals surface area contributed by atoms with Crippen molar-refractivity contribution in [1.29, 1.82) is 0 Å². The van der Waals surface area contributed by atoms with Gasteiger partial charge in [-0.3, -0.25) is 24.5 Å². The molecule has 0 unspecified atom stereocenters. The number of pyridine rings is 1. The SMILES string of the molecule is CN(C(=O)c1ccc(NC(=O)c2ncc(-c3c(C(F)(F)F)n[nH]c3-c3ccc(N)cn3)n2C)cc1Cl)C1(NC(=O)[C@@H]2C[C@@H](O)CN2)CC1. The number of nitrogens with zero attached hydrogens (tertiary/aromatic N) is 5. The molecular weight excluding hydrogens is 657 g/mol. The molecule has 2 atom stereocenters. The summed E-state index contributed by atoms with van der Waals surface area (Å²) in [6.07, 6.45) is -1.69. The minimum atomic E-state index is -4.84. The molecule has 48 heavy (non-hydrogen) atoms. The molecule has 18 heteroatoms. The van der Waals surface area contributed by atoms with E-state index in [-0.39, 0.29) is 57.1 Å². The molecule has 1 aliphatic carbocycles. The lowest BCUT2D eigenvalue weighted by molar-refractivity contribution is -0.140. The highest BCUT2D eigenvalue weighted by atomic mass is 35.5. The van der Waals surface area contributed by atoms with Crippen LogP contribution in [0.3, 0.4) is 0 Å². The first-order valence-electron chi connectivity index (χ1n) is 14.7. The fourth-order valence-corrected chi connectivity index (χ4v) is 5.87. The van der Waals surface area contributed by atoms with Crippen LogP contribution in [0.5, 0.6) is 0 Å². The molecule has 3 amide bonds. The number of aromatic nitrogens is 5. The van der Waals surface area contributed by atoms with E-state index in [1.807, 2.05) is 0 Å². The Morgan fingerprint density at radius 1 is 1.17 bits per heavy atom. The molecule has 1 aromatic carbocycles. The Bertz CT molecular complexity index is 1910. The van der Waals surface area contributed by atoms with Gasteiger partial charge in [-0.15, -0.1) is 0 Å². The van der Waals surface area contributed by atoms with Gasteiger partial charge in [0.15, 0.2) is 11.5 Å². The molecule has 0 bridgehead atoms. The maximum Gasteiger partial charge on any atom is 0.435 e. The molecule has 4 aromatic rings. The molecule has 14 nitrogen and oxygen atoms in total. The molecule has 0 radical (unpaired) electrons. The molecule has 6 rings (SSSR count). The van der Waals surface area contributed by atoms with Crippen LogP contribution in [0.4, 0.5) is 24.5 Å². The van der Waals surface area contributed by atoms with Gasteiger partial charge in [-0.05, 0) is 49.6 Å². The number of aromatic amines is 1. The summed E-state index contributed by atoms with van der Waals surface area (Å²) in [5.74, 6) is -1.76. The lowest BCUT2D eigenvalue weighted by atomic mass is 10.1. The number of benzene rings is 1. The summed E-state index contributed by atoms with van der Waals surface area (Å²) in [4.78, 5) is 49.0. The zero-order valence-electron chi connectivity index (χ0n) is 25.5. The maximum absolute atomic E-state index is 14.0. The van der Waals surface area contributed by atoms with Crippen LogP contribution >= 0.6 is 11.6 Å². The summed E-state index contributed by atoms with van der Waals surface area (Å²) >= 11 is 6.47. The molecule has 7 N–H and O–H groups in total. The van der Waals surface area contributed by atoms with E-state index in [0.717, 1.165) is 6.20 Å². The molecule has 3 aromatic heterocycles. The maximum atomic E-state index is 14.0. The molecule has 2 aliphatic rings.